The molecule has 66 valence electrons. The largest absolute Gasteiger partial charge is 0.673 e. The zero-order valence-corrected chi connectivity index (χ0v) is 8.61. The van der Waals surface area contributed by atoms with Crippen molar-refractivity contribution in [3.8, 4) is 0 Å². The molecule has 12 heavy (non-hydrogen) atoms. The van der Waals surface area contributed by atoms with E-state index in [-0.39, 0.29) is 25.0 Å². The van der Waals surface area contributed by atoms with E-state index in [4.69, 9.17) is 9.31 Å². The van der Waals surface area contributed by atoms with Crippen molar-refractivity contribution in [3.05, 3.63) is 0 Å². The van der Waals surface area contributed by atoms with Crippen LogP contribution in [0.15, 0.2) is 0 Å². The molecule has 5 nitrogen and oxygen atoms in total. The molecule has 0 N–H and O–H groups in total. The van der Waals surface area contributed by atoms with E-state index in [1.807, 2.05) is 0 Å². The van der Waals surface area contributed by atoms with Gasteiger partial charge in [-0.3, -0.25) is 14.5 Å². The Labute approximate surface area is 83.4 Å². The molecule has 0 aromatic heterocycles. The van der Waals surface area contributed by atoms with Gasteiger partial charge in [-0.05, 0) is 29.4 Å². The Morgan fingerprint density at radius 2 is 1.75 bits per heavy atom. The number of rotatable bonds is 0. The second kappa shape index (κ2) is 4.08. The van der Waals surface area contributed by atoms with Gasteiger partial charge in [0.2, 0.25) is 0 Å². The van der Waals surface area contributed by atoms with Crippen LogP contribution in [0.2, 0.25) is 0 Å². The van der Waals surface area contributed by atoms with Gasteiger partial charge < -0.3 is 9.31 Å². The zero-order chi connectivity index (χ0) is 9.14. The minimum atomic E-state index is -0.795. The Kier molecular flexibility index (Phi) is 3.33. The Hall–Kier alpha value is -0.305. The van der Waals surface area contributed by atoms with Gasteiger partial charge in [0, 0.05) is 0 Å². The van der Waals surface area contributed by atoms with Crippen molar-refractivity contribution in [2.24, 2.45) is 0 Å². The third-order valence-corrected chi connectivity index (χ3v) is 1.75. The Morgan fingerprint density at radius 1 is 1.33 bits per heavy atom. The number of hydrogen-bond donors (Lipinski definition) is 0. The van der Waals surface area contributed by atoms with E-state index in [9.17, 15) is 9.59 Å². The van der Waals surface area contributed by atoms with E-state index >= 15 is 0 Å². The quantitative estimate of drug-likeness (QED) is 0.440. The maximum absolute atomic E-state index is 10.9. The summed E-state index contributed by atoms with van der Waals surface area (Å²) in [6, 6.07) is 0. The van der Waals surface area contributed by atoms with E-state index in [1.54, 1.807) is 29.4 Å². The SMILES string of the molecule is CN1CC(=O)OB(I)OC(=O)C1. The van der Waals surface area contributed by atoms with Crippen LogP contribution in [0.1, 0.15) is 0 Å². The van der Waals surface area contributed by atoms with Gasteiger partial charge in [-0.25, -0.2) is 0 Å². The first kappa shape index (κ1) is 9.78. The van der Waals surface area contributed by atoms with Crippen LogP contribution in [0.5, 0.6) is 0 Å². The summed E-state index contributed by atoms with van der Waals surface area (Å²) >= 11 is 1.73. The van der Waals surface area contributed by atoms with Crippen LogP contribution in [0, 0.1) is 0 Å². The first-order valence-corrected chi connectivity index (χ1v) is 4.54. The Bertz CT molecular complexity index is 174. The maximum atomic E-state index is 10.9. The van der Waals surface area contributed by atoms with Gasteiger partial charge in [0.25, 0.3) is 0 Å². The molecule has 0 saturated carbocycles. The second-order valence-corrected chi connectivity index (χ2v) is 3.44. The van der Waals surface area contributed by atoms with Crippen molar-refractivity contribution in [3.63, 3.8) is 0 Å². The molecule has 1 aliphatic rings. The lowest BCUT2D eigenvalue weighted by atomic mass is 10.3. The Balaban J connectivity index is 2.57. The van der Waals surface area contributed by atoms with Crippen molar-refractivity contribution in [2.45, 2.75) is 0 Å². The van der Waals surface area contributed by atoms with Gasteiger partial charge in [0.15, 0.2) is 0 Å². The normalized spacial score (nSPS) is 21.0. The van der Waals surface area contributed by atoms with Crippen LogP contribution in [-0.2, 0) is 18.9 Å². The van der Waals surface area contributed by atoms with Crippen LogP contribution in [0.3, 0.4) is 0 Å². The van der Waals surface area contributed by atoms with Gasteiger partial charge in [0.05, 0.1) is 13.1 Å². The molecule has 1 fully saturated rings. The van der Waals surface area contributed by atoms with Gasteiger partial charge in [-0.15, -0.1) is 0 Å². The van der Waals surface area contributed by atoms with Crippen LogP contribution in [0.4, 0.5) is 0 Å². The summed E-state index contributed by atoms with van der Waals surface area (Å²) in [5.74, 6) is -0.770. The van der Waals surface area contributed by atoms with E-state index in [1.165, 1.54) is 4.90 Å². The molecule has 7 heteroatoms. The number of likely N-dealkylation sites (N-methyl/N-ethyl adjacent to an activating group) is 1. The molecule has 0 aliphatic carbocycles. The summed E-state index contributed by atoms with van der Waals surface area (Å²) in [4.78, 5) is 22.5. The molecule has 0 radical (unpaired) electrons. The molecule has 1 rings (SSSR count). The molecule has 0 spiro atoms. The highest BCUT2D eigenvalue weighted by atomic mass is 127. The average Bonchev–Trinajstić information content (AvgIpc) is 1.81. The lowest BCUT2D eigenvalue weighted by Gasteiger charge is -2.19. The lowest BCUT2D eigenvalue weighted by Crippen LogP contribution is -2.40. The van der Waals surface area contributed by atoms with E-state index < -0.39 is 4.97 Å². The molecule has 1 heterocycles. The molecular formula is C5H7BINO4. The number of nitrogens with zero attached hydrogens (tertiary/aromatic N) is 1. The third kappa shape index (κ3) is 2.98. The summed E-state index contributed by atoms with van der Waals surface area (Å²) in [6.07, 6.45) is 0. The monoisotopic (exact) mass is 283 g/mol. The fraction of sp³-hybridized carbons (Fsp3) is 0.600. The first-order valence-electron chi connectivity index (χ1n) is 3.29. The highest BCUT2D eigenvalue weighted by Gasteiger charge is 2.28. The van der Waals surface area contributed by atoms with Crippen LogP contribution in [0.25, 0.3) is 0 Å². The summed E-state index contributed by atoms with van der Waals surface area (Å²) in [5, 5.41) is 0. The lowest BCUT2D eigenvalue weighted by molar-refractivity contribution is -0.144. The molecule has 0 bridgehead atoms. The molecule has 0 amide bonds. The van der Waals surface area contributed by atoms with Crippen molar-refractivity contribution < 1.29 is 18.9 Å². The maximum Gasteiger partial charge on any atom is 0.673 e. The molecular weight excluding hydrogens is 276 g/mol. The fourth-order valence-electron chi connectivity index (χ4n) is 0.802. The summed E-state index contributed by atoms with van der Waals surface area (Å²) in [7, 11) is 1.65. The van der Waals surface area contributed by atoms with E-state index in [2.05, 4.69) is 0 Å². The zero-order valence-electron chi connectivity index (χ0n) is 6.45. The summed E-state index contributed by atoms with van der Waals surface area (Å²) < 4.78 is 9.39. The number of carbonyl (C=O) groups excluding carboxylic acids is 2. The number of carbonyl (C=O) groups is 2. The van der Waals surface area contributed by atoms with Crippen molar-refractivity contribution in [2.75, 3.05) is 20.1 Å². The minimum Gasteiger partial charge on any atom is -0.490 e. The van der Waals surface area contributed by atoms with Crippen LogP contribution >= 0.6 is 22.4 Å². The molecule has 1 aliphatic heterocycles. The topological polar surface area (TPSA) is 55.8 Å². The molecule has 1 saturated heterocycles. The minimum absolute atomic E-state index is 0.120. The van der Waals surface area contributed by atoms with E-state index in [0.717, 1.165) is 0 Å². The van der Waals surface area contributed by atoms with Gasteiger partial charge in [-0.2, -0.15) is 0 Å². The van der Waals surface area contributed by atoms with Crippen LogP contribution < -0.4 is 0 Å². The highest BCUT2D eigenvalue weighted by Crippen LogP contribution is 2.04. The van der Waals surface area contributed by atoms with Crippen molar-refractivity contribution in [1.29, 1.82) is 0 Å². The standard InChI is InChI=1S/C5H7BINO4/c1-8-2-4(9)11-6(7)12-5(10)3-8/h2-3H2,1H3. The van der Waals surface area contributed by atoms with Gasteiger partial charge in [-0.1, -0.05) is 0 Å². The number of halogens is 1. The Morgan fingerprint density at radius 3 is 2.17 bits per heavy atom. The summed E-state index contributed by atoms with van der Waals surface area (Å²) in [5.41, 5.74) is 0. The molecule has 0 atom stereocenters. The summed E-state index contributed by atoms with van der Waals surface area (Å²) in [6.45, 7) is 0.239. The number of hydrogen-bond acceptors (Lipinski definition) is 5. The predicted molar refractivity (Wildman–Crippen MR) is 49.5 cm³/mol. The molecule has 0 aromatic rings. The average molecular weight is 283 g/mol. The van der Waals surface area contributed by atoms with Crippen molar-refractivity contribution in [1.82, 2.24) is 4.90 Å². The van der Waals surface area contributed by atoms with E-state index in [0.29, 0.717) is 0 Å². The second-order valence-electron chi connectivity index (χ2n) is 2.43. The van der Waals surface area contributed by atoms with Gasteiger partial charge >= 0.3 is 16.9 Å². The van der Waals surface area contributed by atoms with Crippen molar-refractivity contribution >= 4 is 39.3 Å². The molecule has 0 aromatic carbocycles. The first-order chi connectivity index (χ1) is 5.58. The van der Waals surface area contributed by atoms with Gasteiger partial charge in [0.1, 0.15) is 0 Å². The fourth-order valence-corrected chi connectivity index (χ4v) is 1.37. The van der Waals surface area contributed by atoms with Crippen LogP contribution in [-0.4, -0.2) is 42.0 Å². The smallest absolute Gasteiger partial charge is 0.490 e. The highest BCUT2D eigenvalue weighted by molar-refractivity contribution is 14.1. The molecule has 0 unspecified atom stereocenters. The third-order valence-electron chi connectivity index (χ3n) is 1.25. The predicted octanol–water partition coefficient (Wildman–Crippen LogP) is -0.562.